The fraction of sp³-hybridized carbons (Fsp3) is 0.407. The van der Waals surface area contributed by atoms with Crippen molar-refractivity contribution < 1.29 is 9.53 Å². The lowest BCUT2D eigenvalue weighted by molar-refractivity contribution is -0.113. The number of aromatic nitrogens is 3. The van der Waals surface area contributed by atoms with Gasteiger partial charge in [0, 0.05) is 28.8 Å². The van der Waals surface area contributed by atoms with Crippen LogP contribution in [0.3, 0.4) is 0 Å². The number of rotatable bonds is 7. The van der Waals surface area contributed by atoms with Gasteiger partial charge in [-0.3, -0.25) is 4.79 Å². The highest BCUT2D eigenvalue weighted by atomic mass is 32.2. The number of carbonyl (C=O) groups is 1. The maximum atomic E-state index is 12.6. The van der Waals surface area contributed by atoms with Gasteiger partial charge in [0.2, 0.25) is 5.91 Å². The van der Waals surface area contributed by atoms with Gasteiger partial charge in [0.05, 0.1) is 28.2 Å². The maximum absolute atomic E-state index is 12.6. The van der Waals surface area contributed by atoms with Crippen LogP contribution in [-0.4, -0.2) is 32.2 Å². The molecule has 6 nitrogen and oxygen atoms in total. The minimum atomic E-state index is -0.226. The van der Waals surface area contributed by atoms with E-state index in [0.29, 0.717) is 6.61 Å². The predicted molar refractivity (Wildman–Crippen MR) is 144 cm³/mol. The van der Waals surface area contributed by atoms with Crippen LogP contribution in [0.2, 0.25) is 0 Å². The van der Waals surface area contributed by atoms with E-state index >= 15 is 0 Å². The molecule has 0 bridgehead atoms. The first kappa shape index (κ1) is 24.2. The van der Waals surface area contributed by atoms with Gasteiger partial charge < -0.3 is 10.1 Å². The molecule has 4 aromatic rings. The Kier molecular flexibility index (Phi) is 6.79. The van der Waals surface area contributed by atoms with Crippen LogP contribution in [0, 0.1) is 6.92 Å². The molecule has 0 spiro atoms. The molecule has 0 fully saturated rings. The summed E-state index contributed by atoms with van der Waals surface area (Å²) in [5, 5.41) is 4.92. The number of fused-ring (bicyclic) bond motifs is 5. The van der Waals surface area contributed by atoms with Gasteiger partial charge >= 0.3 is 0 Å². The number of thiophene rings is 1. The lowest BCUT2D eigenvalue weighted by Gasteiger charge is -2.33. The molecule has 35 heavy (non-hydrogen) atoms. The summed E-state index contributed by atoms with van der Waals surface area (Å²) in [5.41, 5.74) is 6.37. The van der Waals surface area contributed by atoms with E-state index in [4.69, 9.17) is 9.72 Å². The van der Waals surface area contributed by atoms with E-state index in [9.17, 15) is 4.79 Å². The fourth-order valence-electron chi connectivity index (χ4n) is 4.47. The van der Waals surface area contributed by atoms with Crippen LogP contribution in [-0.2, 0) is 29.0 Å². The van der Waals surface area contributed by atoms with Crippen molar-refractivity contribution in [1.82, 2.24) is 15.0 Å². The Morgan fingerprint density at radius 3 is 2.77 bits per heavy atom. The molecule has 3 aromatic heterocycles. The summed E-state index contributed by atoms with van der Waals surface area (Å²) in [4.78, 5) is 27.9. The highest BCUT2D eigenvalue weighted by Gasteiger charge is 2.31. The molecule has 0 saturated carbocycles. The molecule has 0 radical (unpaired) electrons. The van der Waals surface area contributed by atoms with Crippen LogP contribution < -0.4 is 5.32 Å². The van der Waals surface area contributed by atoms with Crippen molar-refractivity contribution >= 4 is 55.1 Å². The fourth-order valence-corrected chi connectivity index (χ4v) is 6.53. The van der Waals surface area contributed by atoms with Crippen molar-refractivity contribution in [2.75, 3.05) is 11.1 Å². The molecular weight excluding hydrogens is 476 g/mol. The molecule has 182 valence electrons. The van der Waals surface area contributed by atoms with E-state index in [1.54, 1.807) is 17.7 Å². The first-order valence-corrected chi connectivity index (χ1v) is 13.9. The van der Waals surface area contributed by atoms with Gasteiger partial charge in [0.15, 0.2) is 0 Å². The largest absolute Gasteiger partial charge is 0.370 e. The minimum absolute atomic E-state index is 0.0528. The second kappa shape index (κ2) is 9.84. The number of amides is 1. The number of unbranched alkanes of at least 4 members (excludes halogenated alkanes) is 1. The Hall–Kier alpha value is -2.55. The quantitative estimate of drug-likeness (QED) is 0.229. The zero-order valence-corrected chi connectivity index (χ0v) is 22.2. The number of nitrogens with one attached hydrogen (secondary N) is 1. The van der Waals surface area contributed by atoms with Crippen molar-refractivity contribution in [3.63, 3.8) is 0 Å². The molecule has 5 rings (SSSR count). The average Bonchev–Trinajstić information content (AvgIpc) is 3.21. The summed E-state index contributed by atoms with van der Waals surface area (Å²) in [6, 6.07) is 7.82. The van der Waals surface area contributed by atoms with E-state index < -0.39 is 0 Å². The molecule has 4 heterocycles. The summed E-state index contributed by atoms with van der Waals surface area (Å²) in [6.45, 7) is 9.11. The molecule has 0 aliphatic carbocycles. The first-order valence-electron chi connectivity index (χ1n) is 12.1. The topological polar surface area (TPSA) is 77.0 Å². The van der Waals surface area contributed by atoms with E-state index in [0.717, 1.165) is 68.1 Å². The molecule has 8 heteroatoms. The van der Waals surface area contributed by atoms with Crippen molar-refractivity contribution in [2.45, 2.75) is 70.6 Å². The van der Waals surface area contributed by atoms with Crippen molar-refractivity contribution in [1.29, 1.82) is 0 Å². The van der Waals surface area contributed by atoms with Crippen LogP contribution >= 0.6 is 23.1 Å². The summed E-state index contributed by atoms with van der Waals surface area (Å²) in [7, 11) is 0. The number of ether oxygens (including phenoxy) is 1. The van der Waals surface area contributed by atoms with Gasteiger partial charge in [-0.25, -0.2) is 15.0 Å². The highest BCUT2D eigenvalue weighted by Crippen LogP contribution is 2.42. The molecule has 0 atom stereocenters. The van der Waals surface area contributed by atoms with Gasteiger partial charge in [0.1, 0.15) is 16.2 Å². The third-order valence-electron chi connectivity index (χ3n) is 6.32. The molecule has 0 unspecified atom stereocenters. The average molecular weight is 507 g/mol. The summed E-state index contributed by atoms with van der Waals surface area (Å²) in [6.07, 6.45) is 5.63. The molecule has 1 aromatic carbocycles. The molecule has 0 saturated heterocycles. The maximum Gasteiger partial charge on any atom is 0.234 e. The number of thioether (sulfide) groups is 1. The Morgan fingerprint density at radius 2 is 2.00 bits per heavy atom. The highest BCUT2D eigenvalue weighted by molar-refractivity contribution is 8.00. The third-order valence-corrected chi connectivity index (χ3v) is 8.52. The number of hydrogen-bond acceptors (Lipinski definition) is 7. The van der Waals surface area contributed by atoms with Crippen LogP contribution in [0.15, 0.2) is 35.6 Å². The number of pyridine rings is 1. The van der Waals surface area contributed by atoms with E-state index in [1.807, 2.05) is 31.2 Å². The molecule has 1 aliphatic heterocycles. The number of anilines is 1. The monoisotopic (exact) mass is 506 g/mol. The normalized spacial score (nSPS) is 14.9. The molecule has 1 aliphatic rings. The van der Waals surface area contributed by atoms with Gasteiger partial charge in [-0.05, 0) is 51.3 Å². The second-order valence-electron chi connectivity index (χ2n) is 9.69. The number of hydrogen-bond donors (Lipinski definition) is 1. The lowest BCUT2D eigenvalue weighted by Crippen LogP contribution is -2.32. The molecule has 1 amide bonds. The number of nitrogens with zero attached hydrogens (tertiary/aromatic N) is 3. The Morgan fingerprint density at radius 1 is 1.20 bits per heavy atom. The minimum Gasteiger partial charge on any atom is -0.370 e. The third kappa shape index (κ3) is 5.06. The number of benzene rings is 1. The zero-order chi connectivity index (χ0) is 24.6. The van der Waals surface area contributed by atoms with E-state index in [1.165, 1.54) is 22.9 Å². The van der Waals surface area contributed by atoms with Gasteiger partial charge in [0.25, 0.3) is 0 Å². The van der Waals surface area contributed by atoms with Crippen molar-refractivity contribution in [3.8, 4) is 0 Å². The Bertz CT molecular complexity index is 1400. The first-order chi connectivity index (χ1) is 16.8. The summed E-state index contributed by atoms with van der Waals surface area (Å²) < 4.78 is 7.18. The summed E-state index contributed by atoms with van der Waals surface area (Å²) >= 11 is 3.08. The second-order valence-corrected chi connectivity index (χ2v) is 11.6. The Labute approximate surface area is 213 Å². The van der Waals surface area contributed by atoms with Crippen molar-refractivity contribution in [2.24, 2.45) is 0 Å². The number of aryl methyl sites for hydroxylation is 2. The molecular formula is C27H30N4O2S2. The Balaban J connectivity index is 1.49. The lowest BCUT2D eigenvalue weighted by atomic mass is 9.88. The van der Waals surface area contributed by atoms with E-state index in [-0.39, 0.29) is 17.3 Å². The smallest absolute Gasteiger partial charge is 0.234 e. The predicted octanol–water partition coefficient (Wildman–Crippen LogP) is 6.47. The standard InChI is InChI=1S/C27H30N4O2S2/c1-5-6-7-20-19-13-33-27(3,4)12-18(19)22-23-24(35-25(22)31-20)26(29-15-28-23)34-14-21(32)30-17-10-8-16(2)9-11-17/h8-11,15H,5-7,12-14H2,1-4H3,(H,30,32). The van der Waals surface area contributed by atoms with Crippen LogP contribution in [0.4, 0.5) is 5.69 Å². The van der Waals surface area contributed by atoms with Gasteiger partial charge in [-0.1, -0.05) is 42.8 Å². The van der Waals surface area contributed by atoms with E-state index in [2.05, 4.69) is 36.1 Å². The SMILES string of the molecule is CCCCc1nc2sc3c(SCC(=O)Nc4ccc(C)cc4)ncnc3c2c2c1COC(C)(C)C2. The van der Waals surface area contributed by atoms with Gasteiger partial charge in [-0.15, -0.1) is 11.3 Å². The van der Waals surface area contributed by atoms with Crippen LogP contribution in [0.25, 0.3) is 20.4 Å². The zero-order valence-electron chi connectivity index (χ0n) is 20.6. The van der Waals surface area contributed by atoms with Crippen molar-refractivity contribution in [3.05, 3.63) is 53.0 Å². The van der Waals surface area contributed by atoms with Crippen LogP contribution in [0.5, 0.6) is 0 Å². The van der Waals surface area contributed by atoms with Gasteiger partial charge in [-0.2, -0.15) is 0 Å². The summed E-state index contributed by atoms with van der Waals surface area (Å²) in [5.74, 6) is 0.227. The van der Waals surface area contributed by atoms with Crippen LogP contribution in [0.1, 0.15) is 56.0 Å². The molecule has 1 N–H and O–H groups in total. The number of carbonyl (C=O) groups excluding carboxylic acids is 1.